The maximum Gasteiger partial charge on any atom is 0.145 e. The molecule has 0 aliphatic carbocycles. The molecule has 1 aromatic heterocycles. The molecule has 0 saturated carbocycles. The molecule has 1 aliphatic heterocycles. The molecule has 1 aromatic rings. The topological polar surface area (TPSA) is 85.1 Å². The first kappa shape index (κ1) is 13.0. The summed E-state index contributed by atoms with van der Waals surface area (Å²) < 4.78 is 5.44. The fourth-order valence-corrected chi connectivity index (χ4v) is 2.04. The molecule has 1 unspecified atom stereocenters. The van der Waals surface area contributed by atoms with Gasteiger partial charge in [0.05, 0.1) is 12.6 Å². The highest BCUT2D eigenvalue weighted by atomic mass is 16.5. The van der Waals surface area contributed by atoms with Gasteiger partial charge in [-0.1, -0.05) is 6.92 Å². The number of hydrazine groups is 1. The number of ether oxygens (including phenoxy) is 1. The summed E-state index contributed by atoms with van der Waals surface area (Å²) in [5, 5.41) is 3.38. The van der Waals surface area contributed by atoms with E-state index in [-0.39, 0.29) is 0 Å². The second kappa shape index (κ2) is 6.51. The lowest BCUT2D eigenvalue weighted by Gasteiger charge is -2.23. The molecule has 0 amide bonds. The Morgan fingerprint density at radius 1 is 1.44 bits per heavy atom. The van der Waals surface area contributed by atoms with Crippen LogP contribution in [0, 0.1) is 0 Å². The van der Waals surface area contributed by atoms with E-state index in [0.29, 0.717) is 11.9 Å². The number of rotatable bonds is 5. The monoisotopic (exact) mass is 251 g/mol. The minimum atomic E-state index is 0.328. The molecule has 1 aliphatic rings. The molecule has 0 spiro atoms. The largest absolute Gasteiger partial charge is 0.379 e. The van der Waals surface area contributed by atoms with Crippen LogP contribution in [0.25, 0.3) is 0 Å². The number of nitrogens with zero attached hydrogens (tertiary/aromatic N) is 2. The molecular formula is C12H21N5O. The molecule has 1 saturated heterocycles. The number of nitrogen functional groups attached to an aromatic ring is 1. The standard InChI is InChI=1S/C12H21N5O/c1-2-4-10-15-11(7-12(16-10)17-13)14-9-5-3-6-18-8-9/h7,9H,2-6,8,13H2,1H3,(H2,14,15,16,17). The maximum absolute atomic E-state index is 5.44. The molecule has 6 heteroatoms. The van der Waals surface area contributed by atoms with Gasteiger partial charge in [-0.05, 0) is 19.3 Å². The Kier molecular flexibility index (Phi) is 4.72. The van der Waals surface area contributed by atoms with E-state index in [4.69, 9.17) is 10.6 Å². The predicted octanol–water partition coefficient (Wildman–Crippen LogP) is 1.31. The summed E-state index contributed by atoms with van der Waals surface area (Å²) >= 11 is 0. The van der Waals surface area contributed by atoms with Gasteiger partial charge < -0.3 is 15.5 Å². The third kappa shape index (κ3) is 3.54. The highest BCUT2D eigenvalue weighted by Crippen LogP contribution is 2.16. The summed E-state index contributed by atoms with van der Waals surface area (Å²) in [5.41, 5.74) is 2.58. The van der Waals surface area contributed by atoms with E-state index in [2.05, 4.69) is 27.6 Å². The van der Waals surface area contributed by atoms with Gasteiger partial charge in [-0.25, -0.2) is 15.8 Å². The molecule has 2 heterocycles. The van der Waals surface area contributed by atoms with Crippen LogP contribution in [-0.4, -0.2) is 29.2 Å². The summed E-state index contributed by atoms with van der Waals surface area (Å²) in [6.45, 7) is 3.70. The fraction of sp³-hybridized carbons (Fsp3) is 0.667. The van der Waals surface area contributed by atoms with Crippen LogP contribution < -0.4 is 16.6 Å². The maximum atomic E-state index is 5.44. The Morgan fingerprint density at radius 3 is 2.94 bits per heavy atom. The first-order chi connectivity index (χ1) is 8.81. The van der Waals surface area contributed by atoms with Crippen molar-refractivity contribution in [2.75, 3.05) is 24.0 Å². The van der Waals surface area contributed by atoms with Gasteiger partial charge in [0.2, 0.25) is 0 Å². The summed E-state index contributed by atoms with van der Waals surface area (Å²) in [6, 6.07) is 2.15. The van der Waals surface area contributed by atoms with E-state index in [1.54, 1.807) is 0 Å². The van der Waals surface area contributed by atoms with Gasteiger partial charge in [-0.3, -0.25) is 0 Å². The Hall–Kier alpha value is -1.40. The first-order valence-corrected chi connectivity index (χ1v) is 6.50. The highest BCUT2D eigenvalue weighted by molar-refractivity contribution is 5.47. The van der Waals surface area contributed by atoms with E-state index in [9.17, 15) is 0 Å². The smallest absolute Gasteiger partial charge is 0.145 e. The van der Waals surface area contributed by atoms with E-state index < -0.39 is 0 Å². The number of hydrogen-bond donors (Lipinski definition) is 3. The lowest BCUT2D eigenvalue weighted by molar-refractivity contribution is 0.0875. The Balaban J connectivity index is 2.07. The Morgan fingerprint density at radius 2 is 2.28 bits per heavy atom. The van der Waals surface area contributed by atoms with E-state index in [1.807, 2.05) is 6.07 Å². The van der Waals surface area contributed by atoms with Crippen LogP contribution in [-0.2, 0) is 11.2 Å². The van der Waals surface area contributed by atoms with E-state index >= 15 is 0 Å². The predicted molar refractivity (Wildman–Crippen MR) is 71.3 cm³/mol. The summed E-state index contributed by atoms with van der Waals surface area (Å²) in [6.07, 6.45) is 4.07. The fourth-order valence-electron chi connectivity index (χ4n) is 2.04. The Labute approximate surface area is 107 Å². The first-order valence-electron chi connectivity index (χ1n) is 6.50. The number of aromatic nitrogens is 2. The van der Waals surface area contributed by atoms with Gasteiger partial charge in [0.25, 0.3) is 0 Å². The third-order valence-electron chi connectivity index (χ3n) is 2.91. The van der Waals surface area contributed by atoms with Crippen molar-refractivity contribution >= 4 is 11.6 Å². The number of anilines is 2. The average molecular weight is 251 g/mol. The number of hydrogen-bond acceptors (Lipinski definition) is 6. The van der Waals surface area contributed by atoms with Gasteiger partial charge in [0.1, 0.15) is 17.5 Å². The summed E-state index contributed by atoms with van der Waals surface area (Å²) in [7, 11) is 0. The van der Waals surface area contributed by atoms with Crippen LogP contribution in [0.5, 0.6) is 0 Å². The van der Waals surface area contributed by atoms with Gasteiger partial charge >= 0.3 is 0 Å². The molecule has 6 nitrogen and oxygen atoms in total. The van der Waals surface area contributed by atoms with Crippen LogP contribution >= 0.6 is 0 Å². The number of nitrogens with two attached hydrogens (primary N) is 1. The minimum Gasteiger partial charge on any atom is -0.379 e. The Bertz CT molecular complexity index is 379. The summed E-state index contributed by atoms with van der Waals surface area (Å²) in [4.78, 5) is 8.81. The van der Waals surface area contributed by atoms with Crippen LogP contribution in [0.4, 0.5) is 11.6 Å². The van der Waals surface area contributed by atoms with Crippen molar-refractivity contribution in [3.8, 4) is 0 Å². The highest BCUT2D eigenvalue weighted by Gasteiger charge is 2.14. The third-order valence-corrected chi connectivity index (χ3v) is 2.91. The lowest BCUT2D eigenvalue weighted by atomic mass is 10.1. The molecule has 0 radical (unpaired) electrons. The van der Waals surface area contributed by atoms with Crippen LogP contribution in [0.2, 0.25) is 0 Å². The molecule has 100 valence electrons. The number of aryl methyl sites for hydroxylation is 1. The second-order valence-electron chi connectivity index (χ2n) is 4.51. The zero-order chi connectivity index (χ0) is 12.8. The second-order valence-corrected chi connectivity index (χ2v) is 4.51. The van der Waals surface area contributed by atoms with Gasteiger partial charge in [0.15, 0.2) is 0 Å². The molecule has 4 N–H and O–H groups in total. The zero-order valence-electron chi connectivity index (χ0n) is 10.8. The van der Waals surface area contributed by atoms with Crippen molar-refractivity contribution < 1.29 is 4.74 Å². The van der Waals surface area contributed by atoms with Gasteiger partial charge in [0, 0.05) is 19.1 Å². The van der Waals surface area contributed by atoms with Crippen molar-refractivity contribution in [3.63, 3.8) is 0 Å². The van der Waals surface area contributed by atoms with Crippen LogP contribution in [0.15, 0.2) is 6.07 Å². The molecule has 0 aromatic carbocycles. The SMILES string of the molecule is CCCc1nc(NN)cc(NC2CCCOC2)n1. The minimum absolute atomic E-state index is 0.328. The summed E-state index contributed by atoms with van der Waals surface area (Å²) in [5.74, 6) is 7.70. The normalized spacial score (nSPS) is 19.6. The molecule has 2 rings (SSSR count). The molecule has 1 atom stereocenters. The molecule has 18 heavy (non-hydrogen) atoms. The van der Waals surface area contributed by atoms with Crippen molar-refractivity contribution in [1.29, 1.82) is 0 Å². The van der Waals surface area contributed by atoms with Crippen molar-refractivity contribution in [2.45, 2.75) is 38.6 Å². The molecular weight excluding hydrogens is 230 g/mol. The zero-order valence-corrected chi connectivity index (χ0v) is 10.8. The van der Waals surface area contributed by atoms with Crippen molar-refractivity contribution in [3.05, 3.63) is 11.9 Å². The van der Waals surface area contributed by atoms with E-state index in [1.165, 1.54) is 0 Å². The van der Waals surface area contributed by atoms with E-state index in [0.717, 1.165) is 50.5 Å². The van der Waals surface area contributed by atoms with Crippen LogP contribution in [0.3, 0.4) is 0 Å². The number of nitrogens with one attached hydrogen (secondary N) is 2. The van der Waals surface area contributed by atoms with Gasteiger partial charge in [-0.15, -0.1) is 0 Å². The van der Waals surface area contributed by atoms with Gasteiger partial charge in [-0.2, -0.15) is 0 Å². The average Bonchev–Trinajstić information content (AvgIpc) is 2.40. The molecule has 1 fully saturated rings. The van der Waals surface area contributed by atoms with Crippen molar-refractivity contribution in [2.24, 2.45) is 5.84 Å². The molecule has 0 bridgehead atoms. The quantitative estimate of drug-likeness (QED) is 0.540. The lowest BCUT2D eigenvalue weighted by Crippen LogP contribution is -2.30. The van der Waals surface area contributed by atoms with Crippen molar-refractivity contribution in [1.82, 2.24) is 9.97 Å². The van der Waals surface area contributed by atoms with Crippen LogP contribution in [0.1, 0.15) is 32.0 Å².